The van der Waals surface area contributed by atoms with Crippen molar-refractivity contribution >= 4 is 43.9 Å². The normalized spacial score (nSPS) is 11.5. The van der Waals surface area contributed by atoms with Crippen LogP contribution in [-0.4, -0.2) is 14.5 Å². The predicted molar refractivity (Wildman–Crippen MR) is 213 cm³/mol. The van der Waals surface area contributed by atoms with Crippen LogP contribution in [0.3, 0.4) is 0 Å². The van der Waals surface area contributed by atoms with Gasteiger partial charge < -0.3 is 0 Å². The quantitative estimate of drug-likeness (QED) is 0.186. The van der Waals surface area contributed by atoms with Gasteiger partial charge in [-0.05, 0) is 92.4 Å². The van der Waals surface area contributed by atoms with Crippen LogP contribution < -0.4 is 0 Å². The van der Waals surface area contributed by atoms with E-state index in [1.807, 2.05) is 0 Å². The van der Waals surface area contributed by atoms with E-state index in [4.69, 9.17) is 9.97 Å². The molecule has 3 nitrogen and oxygen atoms in total. The third-order valence-electron chi connectivity index (χ3n) is 9.96. The SMILES string of the molecule is c1ccc(-c2cc(-c3ccccc3)cc(-c3ccc4nc5c(nc4c3)c3ccccc3n5-c3cccc4c(-c5ccccc5)cccc34)c2)cc1. The fraction of sp³-hybridized carbons (Fsp3) is 0. The van der Waals surface area contributed by atoms with Crippen molar-refractivity contribution in [3.05, 3.63) is 188 Å². The highest BCUT2D eigenvalue weighted by Crippen LogP contribution is 2.38. The van der Waals surface area contributed by atoms with Gasteiger partial charge in [0.2, 0.25) is 0 Å². The molecule has 0 fully saturated rings. The molecule has 2 heterocycles. The first kappa shape index (κ1) is 29.1. The number of rotatable bonds is 5. The Kier molecular flexibility index (Phi) is 6.81. The summed E-state index contributed by atoms with van der Waals surface area (Å²) in [6, 6.07) is 66.8. The minimum Gasteiger partial charge on any atom is -0.292 e. The molecule has 0 aliphatic rings. The monoisotopic (exact) mass is 649 g/mol. The van der Waals surface area contributed by atoms with E-state index in [2.05, 4.69) is 193 Å². The highest BCUT2D eigenvalue weighted by molar-refractivity contribution is 6.10. The maximum atomic E-state index is 5.36. The highest BCUT2D eigenvalue weighted by Gasteiger charge is 2.18. The lowest BCUT2D eigenvalue weighted by atomic mass is 9.93. The smallest absolute Gasteiger partial charge is 0.165 e. The number of benzene rings is 8. The second-order valence-corrected chi connectivity index (χ2v) is 13.0. The van der Waals surface area contributed by atoms with Gasteiger partial charge in [-0.3, -0.25) is 4.57 Å². The molecule has 0 spiro atoms. The van der Waals surface area contributed by atoms with Crippen molar-refractivity contribution in [3.63, 3.8) is 0 Å². The number of nitrogens with zero attached hydrogens (tertiary/aromatic N) is 3. The van der Waals surface area contributed by atoms with Crippen LogP contribution in [0.15, 0.2) is 188 Å². The Balaban J connectivity index is 1.17. The maximum absolute atomic E-state index is 5.36. The van der Waals surface area contributed by atoms with Crippen molar-refractivity contribution in [1.29, 1.82) is 0 Å². The lowest BCUT2D eigenvalue weighted by Gasteiger charge is -2.14. The van der Waals surface area contributed by atoms with E-state index in [9.17, 15) is 0 Å². The van der Waals surface area contributed by atoms with Crippen LogP contribution >= 0.6 is 0 Å². The third-order valence-corrected chi connectivity index (χ3v) is 9.96. The summed E-state index contributed by atoms with van der Waals surface area (Å²) in [7, 11) is 0. The summed E-state index contributed by atoms with van der Waals surface area (Å²) in [5.74, 6) is 0. The average molecular weight is 650 g/mol. The van der Waals surface area contributed by atoms with Crippen molar-refractivity contribution in [1.82, 2.24) is 14.5 Å². The van der Waals surface area contributed by atoms with Gasteiger partial charge in [0, 0.05) is 10.8 Å². The van der Waals surface area contributed by atoms with E-state index >= 15 is 0 Å². The molecule has 3 heteroatoms. The van der Waals surface area contributed by atoms with Gasteiger partial charge >= 0.3 is 0 Å². The summed E-state index contributed by atoms with van der Waals surface area (Å²) in [4.78, 5) is 10.7. The fourth-order valence-corrected chi connectivity index (χ4v) is 7.53. The Morgan fingerprint density at radius 2 is 0.902 bits per heavy atom. The van der Waals surface area contributed by atoms with E-state index in [0.29, 0.717) is 0 Å². The zero-order valence-corrected chi connectivity index (χ0v) is 27.7. The van der Waals surface area contributed by atoms with Gasteiger partial charge in [0.15, 0.2) is 5.65 Å². The second-order valence-electron chi connectivity index (χ2n) is 13.0. The summed E-state index contributed by atoms with van der Waals surface area (Å²) in [6.45, 7) is 0. The van der Waals surface area contributed by atoms with Gasteiger partial charge in [-0.15, -0.1) is 0 Å². The summed E-state index contributed by atoms with van der Waals surface area (Å²) in [6.07, 6.45) is 0. The lowest BCUT2D eigenvalue weighted by molar-refractivity contribution is 1.15. The van der Waals surface area contributed by atoms with Crippen LogP contribution in [0, 0.1) is 0 Å². The average Bonchev–Trinajstić information content (AvgIpc) is 3.53. The molecule has 10 rings (SSSR count). The number of aromatic nitrogens is 3. The third kappa shape index (κ3) is 4.98. The molecular weight excluding hydrogens is 619 g/mol. The molecule has 238 valence electrons. The van der Waals surface area contributed by atoms with Gasteiger partial charge in [0.25, 0.3) is 0 Å². The van der Waals surface area contributed by atoms with Gasteiger partial charge in [0.05, 0.1) is 22.2 Å². The van der Waals surface area contributed by atoms with E-state index in [-0.39, 0.29) is 0 Å². The highest BCUT2D eigenvalue weighted by atomic mass is 15.1. The number of para-hydroxylation sites is 1. The zero-order chi connectivity index (χ0) is 33.7. The molecule has 0 aliphatic carbocycles. The number of hydrogen-bond acceptors (Lipinski definition) is 2. The van der Waals surface area contributed by atoms with Crippen LogP contribution in [-0.2, 0) is 0 Å². The molecule has 0 saturated carbocycles. The van der Waals surface area contributed by atoms with E-state index in [1.54, 1.807) is 0 Å². The first-order chi connectivity index (χ1) is 25.3. The molecule has 8 aromatic carbocycles. The second kappa shape index (κ2) is 11.9. The Hall–Kier alpha value is -6.84. The molecule has 0 bridgehead atoms. The Labute approximate surface area is 295 Å². The van der Waals surface area contributed by atoms with Crippen molar-refractivity contribution in [2.24, 2.45) is 0 Å². The Morgan fingerprint density at radius 3 is 1.61 bits per heavy atom. The molecule has 0 radical (unpaired) electrons. The molecule has 2 aromatic heterocycles. The largest absolute Gasteiger partial charge is 0.292 e. The van der Waals surface area contributed by atoms with E-state index in [0.717, 1.165) is 49.9 Å². The fourth-order valence-electron chi connectivity index (χ4n) is 7.53. The van der Waals surface area contributed by atoms with Gasteiger partial charge in [-0.1, -0.05) is 146 Å². The molecule has 0 aliphatic heterocycles. The topological polar surface area (TPSA) is 30.7 Å². The molecule has 10 aromatic rings. The summed E-state index contributed by atoms with van der Waals surface area (Å²) in [5.41, 5.74) is 15.1. The van der Waals surface area contributed by atoms with Crippen molar-refractivity contribution < 1.29 is 0 Å². The zero-order valence-electron chi connectivity index (χ0n) is 27.7. The van der Waals surface area contributed by atoms with E-state index < -0.39 is 0 Å². The number of fused-ring (bicyclic) bond motifs is 5. The summed E-state index contributed by atoms with van der Waals surface area (Å²) < 4.78 is 2.29. The molecule has 0 saturated heterocycles. The predicted octanol–water partition coefficient (Wildman–Crippen LogP) is 12.5. The molecule has 0 atom stereocenters. The van der Waals surface area contributed by atoms with Crippen LogP contribution in [0.4, 0.5) is 0 Å². The molecule has 51 heavy (non-hydrogen) atoms. The molecular formula is C48H31N3. The molecule has 0 amide bonds. The number of hydrogen-bond donors (Lipinski definition) is 0. The van der Waals surface area contributed by atoms with Crippen molar-refractivity contribution in [3.8, 4) is 50.2 Å². The van der Waals surface area contributed by atoms with Crippen molar-refractivity contribution in [2.45, 2.75) is 0 Å². The van der Waals surface area contributed by atoms with Crippen LogP contribution in [0.2, 0.25) is 0 Å². The van der Waals surface area contributed by atoms with Gasteiger partial charge in [-0.2, -0.15) is 0 Å². The standard InChI is InChI=1S/C48H31N3/c1-4-14-32(15-5-1)36-28-37(33-16-6-2-7-17-33)30-38(29-36)35-26-27-43-44(31-35)49-47-42-20-10-11-24-46(42)51(48(47)50-43)45-25-13-22-40-39(21-12-23-41(40)45)34-18-8-3-9-19-34/h1-31H. The first-order valence-electron chi connectivity index (χ1n) is 17.3. The molecule has 0 N–H and O–H groups in total. The minimum absolute atomic E-state index is 0.853. The van der Waals surface area contributed by atoms with E-state index in [1.165, 1.54) is 44.2 Å². The van der Waals surface area contributed by atoms with Crippen LogP contribution in [0.5, 0.6) is 0 Å². The van der Waals surface area contributed by atoms with Gasteiger partial charge in [0.1, 0.15) is 5.52 Å². The van der Waals surface area contributed by atoms with Gasteiger partial charge in [-0.25, -0.2) is 9.97 Å². The Bertz CT molecular complexity index is 2830. The maximum Gasteiger partial charge on any atom is 0.165 e. The summed E-state index contributed by atoms with van der Waals surface area (Å²) >= 11 is 0. The summed E-state index contributed by atoms with van der Waals surface area (Å²) in [5, 5.41) is 3.46. The first-order valence-corrected chi connectivity index (χ1v) is 17.3. The van der Waals surface area contributed by atoms with Crippen LogP contribution in [0.25, 0.3) is 94.1 Å². The minimum atomic E-state index is 0.853. The molecule has 0 unspecified atom stereocenters. The van der Waals surface area contributed by atoms with Crippen LogP contribution in [0.1, 0.15) is 0 Å². The Morgan fingerprint density at radius 1 is 0.333 bits per heavy atom. The lowest BCUT2D eigenvalue weighted by Crippen LogP contribution is -1.98. The van der Waals surface area contributed by atoms with Crippen molar-refractivity contribution in [2.75, 3.05) is 0 Å².